The van der Waals surface area contributed by atoms with Crippen LogP contribution in [0, 0.1) is 0 Å². The fourth-order valence-corrected chi connectivity index (χ4v) is 3.72. The van der Waals surface area contributed by atoms with Crippen LogP contribution in [0.1, 0.15) is 70.4 Å². The Hall–Kier alpha value is -2.30. The molecule has 5 nitrogen and oxygen atoms in total. The van der Waals surface area contributed by atoms with Gasteiger partial charge in [-0.05, 0) is 50.0 Å². The molecule has 0 spiro atoms. The molecule has 0 bridgehead atoms. The van der Waals surface area contributed by atoms with Crippen LogP contribution in [0.15, 0.2) is 36.4 Å². The highest BCUT2D eigenvalue weighted by Gasteiger charge is 2.31. The minimum absolute atomic E-state index is 0.0916. The van der Waals surface area contributed by atoms with Gasteiger partial charge in [0.1, 0.15) is 11.8 Å². The van der Waals surface area contributed by atoms with Gasteiger partial charge in [0.05, 0.1) is 7.11 Å². The fourth-order valence-electron chi connectivity index (χ4n) is 3.72. The molecule has 1 saturated carbocycles. The van der Waals surface area contributed by atoms with E-state index >= 15 is 0 Å². The maximum Gasteiger partial charge on any atom is 0.247 e. The third-order valence-electron chi connectivity index (χ3n) is 5.29. The van der Waals surface area contributed by atoms with Crippen molar-refractivity contribution >= 4 is 11.8 Å². The molecule has 5 heteroatoms. The third kappa shape index (κ3) is 6.11. The summed E-state index contributed by atoms with van der Waals surface area (Å²) >= 11 is 0. The lowest BCUT2D eigenvalue weighted by molar-refractivity contribution is -0.138. The SMILES string of the molecule is CC=CC(=O)N(CCCC)C(C(=O)NC1CCCCC1)c1ccc(OC)cc1. The smallest absolute Gasteiger partial charge is 0.247 e. The van der Waals surface area contributed by atoms with Crippen LogP contribution in [-0.2, 0) is 9.59 Å². The Kier molecular flexibility index (Phi) is 9.05. The molecule has 0 radical (unpaired) electrons. The molecule has 1 aromatic rings. The Morgan fingerprint density at radius 1 is 1.21 bits per heavy atom. The van der Waals surface area contributed by atoms with E-state index in [2.05, 4.69) is 12.2 Å². The first-order valence-corrected chi connectivity index (χ1v) is 10.5. The molecule has 1 unspecified atom stereocenters. The summed E-state index contributed by atoms with van der Waals surface area (Å²) in [7, 11) is 1.62. The van der Waals surface area contributed by atoms with Crippen molar-refractivity contribution in [3.05, 3.63) is 42.0 Å². The summed E-state index contributed by atoms with van der Waals surface area (Å²) in [5, 5.41) is 3.21. The van der Waals surface area contributed by atoms with Crippen molar-refractivity contribution in [2.24, 2.45) is 0 Å². The van der Waals surface area contributed by atoms with Crippen LogP contribution in [0.4, 0.5) is 0 Å². The Labute approximate surface area is 169 Å². The zero-order valence-corrected chi connectivity index (χ0v) is 17.4. The number of nitrogens with zero attached hydrogens (tertiary/aromatic N) is 1. The molecule has 2 rings (SSSR count). The van der Waals surface area contributed by atoms with Gasteiger partial charge in [0.2, 0.25) is 11.8 Å². The molecule has 1 atom stereocenters. The average Bonchev–Trinajstić information content (AvgIpc) is 2.72. The monoisotopic (exact) mass is 386 g/mol. The largest absolute Gasteiger partial charge is 0.497 e. The number of nitrogens with one attached hydrogen (secondary N) is 1. The number of carbonyl (C=O) groups excluding carboxylic acids is 2. The number of hydrogen-bond donors (Lipinski definition) is 1. The van der Waals surface area contributed by atoms with Crippen molar-refractivity contribution < 1.29 is 14.3 Å². The van der Waals surface area contributed by atoms with Crippen LogP contribution in [0.25, 0.3) is 0 Å². The summed E-state index contributed by atoms with van der Waals surface area (Å²) in [6.45, 7) is 4.46. The van der Waals surface area contributed by atoms with Crippen LogP contribution in [-0.4, -0.2) is 36.4 Å². The van der Waals surface area contributed by atoms with Crippen molar-refractivity contribution in [1.29, 1.82) is 0 Å². The van der Waals surface area contributed by atoms with Crippen LogP contribution in [0.2, 0.25) is 0 Å². The van der Waals surface area contributed by atoms with Crippen LogP contribution < -0.4 is 10.1 Å². The number of allylic oxidation sites excluding steroid dienone is 1. The zero-order valence-electron chi connectivity index (χ0n) is 17.4. The molecule has 1 N–H and O–H groups in total. The molecule has 0 heterocycles. The quantitative estimate of drug-likeness (QED) is 0.640. The fraction of sp³-hybridized carbons (Fsp3) is 0.565. The van der Waals surface area contributed by atoms with Crippen molar-refractivity contribution in [3.8, 4) is 5.75 Å². The number of amides is 2. The van der Waals surface area contributed by atoms with Crippen LogP contribution >= 0.6 is 0 Å². The number of benzene rings is 1. The summed E-state index contributed by atoms with van der Waals surface area (Å²) in [5.41, 5.74) is 0.808. The van der Waals surface area contributed by atoms with Crippen molar-refractivity contribution in [1.82, 2.24) is 10.2 Å². The van der Waals surface area contributed by atoms with Gasteiger partial charge in [-0.1, -0.05) is 50.8 Å². The first kappa shape index (κ1) is 22.0. The number of ether oxygens (including phenoxy) is 1. The standard InChI is InChI=1S/C23H34N2O3/c1-4-6-17-25(21(26)10-5-2)22(18-13-15-20(28-3)16-14-18)23(27)24-19-11-8-7-9-12-19/h5,10,13-16,19,22H,4,6-9,11-12,17H2,1-3H3,(H,24,27). The summed E-state index contributed by atoms with van der Waals surface area (Å²) < 4.78 is 5.25. The third-order valence-corrected chi connectivity index (χ3v) is 5.29. The molecule has 1 aliphatic rings. The Balaban J connectivity index is 2.32. The van der Waals surface area contributed by atoms with E-state index in [1.807, 2.05) is 31.2 Å². The van der Waals surface area contributed by atoms with Crippen LogP contribution in [0.5, 0.6) is 5.75 Å². The van der Waals surface area contributed by atoms with Gasteiger partial charge in [0, 0.05) is 12.6 Å². The van der Waals surface area contributed by atoms with Gasteiger partial charge in [-0.3, -0.25) is 9.59 Å². The molecule has 154 valence electrons. The normalized spacial score (nSPS) is 16.0. The lowest BCUT2D eigenvalue weighted by atomic mass is 9.94. The minimum Gasteiger partial charge on any atom is -0.497 e. The number of unbranched alkanes of at least 4 members (excludes halogenated alkanes) is 1. The van der Waals surface area contributed by atoms with E-state index in [1.165, 1.54) is 6.42 Å². The van der Waals surface area contributed by atoms with Crippen LogP contribution in [0.3, 0.4) is 0 Å². The van der Waals surface area contributed by atoms with E-state index in [0.29, 0.717) is 6.54 Å². The van der Waals surface area contributed by atoms with E-state index in [4.69, 9.17) is 4.74 Å². The van der Waals surface area contributed by atoms with Crippen molar-refractivity contribution in [3.63, 3.8) is 0 Å². The van der Waals surface area contributed by atoms with E-state index in [-0.39, 0.29) is 17.9 Å². The molecular formula is C23H34N2O3. The Morgan fingerprint density at radius 3 is 2.46 bits per heavy atom. The second kappa shape index (κ2) is 11.5. The molecule has 0 aliphatic heterocycles. The highest BCUT2D eigenvalue weighted by molar-refractivity contribution is 5.93. The molecule has 2 amide bonds. The minimum atomic E-state index is -0.636. The van der Waals surface area contributed by atoms with Gasteiger partial charge in [-0.15, -0.1) is 0 Å². The predicted molar refractivity (Wildman–Crippen MR) is 112 cm³/mol. The lowest BCUT2D eigenvalue weighted by Gasteiger charge is -2.33. The van der Waals surface area contributed by atoms with E-state index in [0.717, 1.165) is 49.8 Å². The summed E-state index contributed by atoms with van der Waals surface area (Å²) in [6, 6.07) is 7.01. The molecule has 1 aromatic carbocycles. The molecule has 0 saturated heterocycles. The number of methoxy groups -OCH3 is 1. The first-order valence-electron chi connectivity index (χ1n) is 10.5. The number of hydrogen-bond acceptors (Lipinski definition) is 3. The summed E-state index contributed by atoms with van der Waals surface area (Å²) in [5.74, 6) is 0.511. The second-order valence-electron chi connectivity index (χ2n) is 7.40. The Morgan fingerprint density at radius 2 is 1.89 bits per heavy atom. The highest BCUT2D eigenvalue weighted by atomic mass is 16.5. The van der Waals surface area contributed by atoms with Crippen molar-refractivity contribution in [2.45, 2.75) is 70.9 Å². The number of rotatable bonds is 9. The lowest BCUT2D eigenvalue weighted by Crippen LogP contribution is -2.47. The van der Waals surface area contributed by atoms with Gasteiger partial charge in [-0.2, -0.15) is 0 Å². The summed E-state index contributed by atoms with van der Waals surface area (Å²) in [4.78, 5) is 27.8. The summed E-state index contributed by atoms with van der Waals surface area (Å²) in [6.07, 6.45) is 10.6. The van der Waals surface area contributed by atoms with E-state index < -0.39 is 6.04 Å². The predicted octanol–water partition coefficient (Wildman–Crippen LogP) is 4.39. The average molecular weight is 387 g/mol. The molecule has 0 aromatic heterocycles. The van der Waals surface area contributed by atoms with Crippen molar-refractivity contribution in [2.75, 3.05) is 13.7 Å². The maximum absolute atomic E-state index is 13.3. The van der Waals surface area contributed by atoms with Gasteiger partial charge >= 0.3 is 0 Å². The van der Waals surface area contributed by atoms with Gasteiger partial charge < -0.3 is 15.0 Å². The zero-order chi connectivity index (χ0) is 20.4. The van der Waals surface area contributed by atoms with E-state index in [1.54, 1.807) is 24.2 Å². The first-order chi connectivity index (χ1) is 13.6. The molecule has 1 fully saturated rings. The topological polar surface area (TPSA) is 58.6 Å². The second-order valence-corrected chi connectivity index (χ2v) is 7.40. The molecule has 28 heavy (non-hydrogen) atoms. The van der Waals surface area contributed by atoms with Gasteiger partial charge in [0.25, 0.3) is 0 Å². The maximum atomic E-state index is 13.3. The molecular weight excluding hydrogens is 352 g/mol. The Bertz CT molecular complexity index is 648. The number of carbonyl (C=O) groups is 2. The van der Waals surface area contributed by atoms with E-state index in [9.17, 15) is 9.59 Å². The van der Waals surface area contributed by atoms with Gasteiger partial charge in [-0.25, -0.2) is 0 Å². The highest BCUT2D eigenvalue weighted by Crippen LogP contribution is 2.26. The van der Waals surface area contributed by atoms with Gasteiger partial charge in [0.15, 0.2) is 0 Å². The molecule has 1 aliphatic carbocycles.